The largest absolute Gasteiger partial charge is 0.467 e. The zero-order valence-corrected chi connectivity index (χ0v) is 11.6. The van der Waals surface area contributed by atoms with Gasteiger partial charge in [-0.05, 0) is 12.1 Å². The topological polar surface area (TPSA) is 96.2 Å². The summed E-state index contributed by atoms with van der Waals surface area (Å²) < 4.78 is 9.88. The second-order valence-corrected chi connectivity index (χ2v) is 5.52. The Morgan fingerprint density at radius 2 is 1.80 bits per heavy atom. The Bertz CT molecular complexity index is 453. The van der Waals surface area contributed by atoms with Crippen molar-refractivity contribution in [2.24, 2.45) is 0 Å². The van der Waals surface area contributed by atoms with Gasteiger partial charge in [0, 0.05) is 4.90 Å². The molecule has 0 spiro atoms. The fraction of sp³-hybridized carbons (Fsp3) is 0.462. The summed E-state index contributed by atoms with van der Waals surface area (Å²) in [7, 11) is 1.16. The van der Waals surface area contributed by atoms with E-state index in [2.05, 4.69) is 4.74 Å². The van der Waals surface area contributed by atoms with Crippen molar-refractivity contribution in [1.82, 2.24) is 0 Å². The molecule has 0 amide bonds. The molecule has 5 atom stereocenters. The summed E-state index contributed by atoms with van der Waals surface area (Å²) >= 11 is 1.16. The number of aliphatic hydroxyl groups is 3. The summed E-state index contributed by atoms with van der Waals surface area (Å²) in [6, 6.07) is 9.11. The van der Waals surface area contributed by atoms with E-state index in [9.17, 15) is 20.1 Å². The van der Waals surface area contributed by atoms with E-state index < -0.39 is 35.8 Å². The molecular formula is C13H16O6S. The minimum absolute atomic E-state index is 0.790. The Morgan fingerprint density at radius 1 is 1.15 bits per heavy atom. The van der Waals surface area contributed by atoms with Crippen LogP contribution in [-0.4, -0.2) is 58.3 Å². The van der Waals surface area contributed by atoms with Crippen molar-refractivity contribution in [2.45, 2.75) is 34.7 Å². The predicted molar refractivity (Wildman–Crippen MR) is 71.0 cm³/mol. The van der Waals surface area contributed by atoms with Crippen molar-refractivity contribution < 1.29 is 29.6 Å². The first-order valence-corrected chi connectivity index (χ1v) is 6.91. The Hall–Kier alpha value is -1.12. The lowest BCUT2D eigenvalue weighted by atomic mass is 10.00. The lowest BCUT2D eigenvalue weighted by Crippen LogP contribution is -2.59. The Kier molecular flexibility index (Phi) is 5.00. The van der Waals surface area contributed by atoms with Crippen LogP contribution in [0.5, 0.6) is 0 Å². The average Bonchev–Trinajstić information content (AvgIpc) is 2.48. The quantitative estimate of drug-likeness (QED) is 0.663. The van der Waals surface area contributed by atoms with Gasteiger partial charge < -0.3 is 24.8 Å². The smallest absolute Gasteiger partial charge is 0.337 e. The van der Waals surface area contributed by atoms with Crippen molar-refractivity contribution in [1.29, 1.82) is 0 Å². The highest BCUT2D eigenvalue weighted by Crippen LogP contribution is 2.33. The number of carbonyl (C=O) groups is 1. The van der Waals surface area contributed by atoms with Gasteiger partial charge in [-0.15, -0.1) is 0 Å². The molecule has 1 saturated heterocycles. The van der Waals surface area contributed by atoms with E-state index >= 15 is 0 Å². The Labute approximate surface area is 120 Å². The van der Waals surface area contributed by atoms with Gasteiger partial charge in [0.25, 0.3) is 0 Å². The molecule has 2 rings (SSSR count). The molecule has 1 aromatic rings. The number of methoxy groups -OCH3 is 1. The molecule has 0 aliphatic carbocycles. The zero-order chi connectivity index (χ0) is 14.7. The van der Waals surface area contributed by atoms with Gasteiger partial charge >= 0.3 is 5.97 Å². The van der Waals surface area contributed by atoms with E-state index in [0.29, 0.717) is 0 Å². The van der Waals surface area contributed by atoms with Crippen LogP contribution in [0.2, 0.25) is 0 Å². The molecule has 6 nitrogen and oxygen atoms in total. The lowest BCUT2D eigenvalue weighted by molar-refractivity contribution is -0.211. The second kappa shape index (κ2) is 6.55. The fourth-order valence-electron chi connectivity index (χ4n) is 1.89. The van der Waals surface area contributed by atoms with E-state index in [-0.39, 0.29) is 0 Å². The number of ether oxygens (including phenoxy) is 2. The van der Waals surface area contributed by atoms with Gasteiger partial charge in [-0.2, -0.15) is 0 Å². The summed E-state index contributed by atoms with van der Waals surface area (Å²) in [5, 5.41) is 29.5. The number of rotatable bonds is 3. The Morgan fingerprint density at radius 3 is 2.40 bits per heavy atom. The monoisotopic (exact) mass is 300 g/mol. The molecule has 110 valence electrons. The molecule has 1 fully saturated rings. The molecule has 3 N–H and O–H groups in total. The first-order chi connectivity index (χ1) is 9.54. The highest BCUT2D eigenvalue weighted by molar-refractivity contribution is 7.99. The summed E-state index contributed by atoms with van der Waals surface area (Å²) in [6.45, 7) is 0. The molecule has 1 heterocycles. The second-order valence-electron chi connectivity index (χ2n) is 4.35. The van der Waals surface area contributed by atoms with E-state index in [0.717, 1.165) is 23.8 Å². The molecular weight excluding hydrogens is 284 g/mol. The van der Waals surface area contributed by atoms with E-state index in [1.807, 2.05) is 30.3 Å². The maximum absolute atomic E-state index is 11.5. The Balaban J connectivity index is 2.13. The first kappa shape index (κ1) is 15.3. The number of hydrogen-bond donors (Lipinski definition) is 3. The van der Waals surface area contributed by atoms with E-state index in [4.69, 9.17) is 4.74 Å². The standard InChI is InChI=1S/C13H16O6S/c1-18-12(17)11-9(15)8(14)10(16)13(19-11)20-7-5-3-2-4-6-7/h2-6,8-11,13-16H,1H3/t8-,9-,10+,11-,13-/m0/s1. The molecule has 1 aromatic carbocycles. The number of benzene rings is 1. The highest BCUT2D eigenvalue weighted by Gasteiger charge is 2.47. The number of thioether (sulfide) groups is 1. The molecule has 7 heteroatoms. The van der Waals surface area contributed by atoms with Crippen LogP contribution >= 0.6 is 11.8 Å². The third-order valence-corrected chi connectivity index (χ3v) is 4.17. The van der Waals surface area contributed by atoms with Crippen LogP contribution in [0.25, 0.3) is 0 Å². The number of hydrogen-bond acceptors (Lipinski definition) is 7. The van der Waals surface area contributed by atoms with Crippen molar-refractivity contribution in [3.05, 3.63) is 30.3 Å². The maximum atomic E-state index is 11.5. The van der Waals surface area contributed by atoms with Gasteiger partial charge in [0.2, 0.25) is 0 Å². The highest BCUT2D eigenvalue weighted by atomic mass is 32.2. The summed E-state index contributed by atoms with van der Waals surface area (Å²) in [6.07, 6.45) is -5.63. The molecule has 0 saturated carbocycles. The SMILES string of the molecule is COC(=O)[C@H]1O[C@@H](Sc2ccccc2)[C@H](O)[C@@H](O)[C@@H]1O. The van der Waals surface area contributed by atoms with Crippen LogP contribution in [0.4, 0.5) is 0 Å². The third-order valence-electron chi connectivity index (χ3n) is 3.00. The first-order valence-electron chi connectivity index (χ1n) is 6.04. The van der Waals surface area contributed by atoms with E-state index in [1.165, 1.54) is 0 Å². The van der Waals surface area contributed by atoms with Crippen LogP contribution in [0, 0.1) is 0 Å². The number of esters is 1. The minimum Gasteiger partial charge on any atom is -0.467 e. The van der Waals surface area contributed by atoms with Crippen LogP contribution in [0.3, 0.4) is 0 Å². The van der Waals surface area contributed by atoms with Crippen molar-refractivity contribution >= 4 is 17.7 Å². The van der Waals surface area contributed by atoms with Gasteiger partial charge in [0.1, 0.15) is 23.7 Å². The summed E-state index contributed by atoms with van der Waals surface area (Å²) in [4.78, 5) is 12.3. The predicted octanol–water partition coefficient (Wildman–Crippen LogP) is -0.241. The summed E-state index contributed by atoms with van der Waals surface area (Å²) in [5.41, 5.74) is -0.875. The third kappa shape index (κ3) is 3.13. The molecule has 0 bridgehead atoms. The average molecular weight is 300 g/mol. The zero-order valence-electron chi connectivity index (χ0n) is 10.7. The van der Waals surface area contributed by atoms with Crippen molar-refractivity contribution in [2.75, 3.05) is 7.11 Å². The van der Waals surface area contributed by atoms with Crippen LogP contribution < -0.4 is 0 Å². The van der Waals surface area contributed by atoms with Gasteiger partial charge in [-0.25, -0.2) is 4.79 Å². The van der Waals surface area contributed by atoms with E-state index in [1.54, 1.807) is 0 Å². The maximum Gasteiger partial charge on any atom is 0.337 e. The summed E-state index contributed by atoms with van der Waals surface area (Å²) in [5.74, 6) is -0.790. The minimum atomic E-state index is -1.52. The van der Waals surface area contributed by atoms with Crippen molar-refractivity contribution in [3.63, 3.8) is 0 Å². The van der Waals surface area contributed by atoms with Crippen LogP contribution in [0.15, 0.2) is 35.2 Å². The molecule has 0 radical (unpaired) electrons. The van der Waals surface area contributed by atoms with Gasteiger partial charge in [-0.3, -0.25) is 0 Å². The van der Waals surface area contributed by atoms with Gasteiger partial charge in [-0.1, -0.05) is 30.0 Å². The lowest BCUT2D eigenvalue weighted by Gasteiger charge is -2.38. The molecule has 1 aliphatic rings. The molecule has 0 unspecified atom stereocenters. The normalized spacial score (nSPS) is 33.7. The molecule has 20 heavy (non-hydrogen) atoms. The van der Waals surface area contributed by atoms with Crippen molar-refractivity contribution in [3.8, 4) is 0 Å². The fourth-order valence-corrected chi connectivity index (χ4v) is 2.95. The number of aliphatic hydroxyl groups excluding tert-OH is 3. The van der Waals surface area contributed by atoms with Gasteiger partial charge in [0.15, 0.2) is 6.10 Å². The van der Waals surface area contributed by atoms with Crippen LogP contribution in [-0.2, 0) is 14.3 Å². The molecule has 1 aliphatic heterocycles. The number of carbonyl (C=O) groups excluding carboxylic acids is 1. The van der Waals surface area contributed by atoms with Gasteiger partial charge in [0.05, 0.1) is 7.11 Å². The van der Waals surface area contributed by atoms with Crippen LogP contribution in [0.1, 0.15) is 0 Å². The molecule has 0 aromatic heterocycles.